The number of rotatable bonds is 0. The molecule has 0 saturated heterocycles. The molecule has 2 N–H and O–H groups in total. The number of Topliss-reactive ketones (excluding diaryl/α,β-unsaturated/α-hetero) is 1. The lowest BCUT2D eigenvalue weighted by molar-refractivity contribution is 0.0919. The third kappa shape index (κ3) is 2.76. The first-order valence-corrected chi connectivity index (χ1v) is 9.19. The normalized spacial score (nSPS) is 15.9. The fourth-order valence-electron chi connectivity index (χ4n) is 3.68. The van der Waals surface area contributed by atoms with Crippen molar-refractivity contribution in [1.82, 2.24) is 19.9 Å². The monoisotopic (exact) mass is 356 g/mol. The molecular weight excluding hydrogens is 336 g/mol. The van der Waals surface area contributed by atoms with Crippen molar-refractivity contribution in [2.75, 3.05) is 0 Å². The van der Waals surface area contributed by atoms with Crippen molar-refractivity contribution >= 4 is 27.9 Å². The van der Waals surface area contributed by atoms with Crippen LogP contribution in [0.4, 0.5) is 0 Å². The fraction of sp³-hybridized carbons (Fsp3) is 0.227. The van der Waals surface area contributed by atoms with E-state index in [4.69, 9.17) is 4.98 Å². The summed E-state index contributed by atoms with van der Waals surface area (Å²) in [5, 5.41) is 0. The number of ketones is 1. The summed E-state index contributed by atoms with van der Waals surface area (Å²) in [6.07, 6.45) is 1.87. The van der Waals surface area contributed by atoms with Crippen molar-refractivity contribution in [2.24, 2.45) is 0 Å². The number of hydrogen-bond acceptors (Lipinski definition) is 3. The van der Waals surface area contributed by atoms with Crippen LogP contribution in [0, 0.1) is 0 Å². The molecule has 3 aromatic rings. The number of fused-ring (bicyclic) bond motifs is 8. The Hall–Kier alpha value is -3.21. The molecule has 0 aliphatic carbocycles. The van der Waals surface area contributed by atoms with E-state index in [1.54, 1.807) is 0 Å². The molecule has 0 unspecified atom stereocenters. The van der Waals surface area contributed by atoms with Gasteiger partial charge in [-0.3, -0.25) is 9.78 Å². The smallest absolute Gasteiger partial charge is 0.192 e. The van der Waals surface area contributed by atoms with Gasteiger partial charge in [0.05, 0.1) is 11.1 Å². The number of nitrogens with one attached hydrogen (secondary N) is 2. The number of H-pyrrole nitrogens is 2. The zero-order valence-corrected chi connectivity index (χ0v) is 15.3. The predicted molar refractivity (Wildman–Crippen MR) is 106 cm³/mol. The number of carbonyl (C=O) groups is 1. The molecule has 0 aromatic carbocycles. The van der Waals surface area contributed by atoms with Crippen LogP contribution in [0.3, 0.4) is 0 Å². The van der Waals surface area contributed by atoms with E-state index in [1.165, 1.54) is 0 Å². The maximum atomic E-state index is 12.9. The van der Waals surface area contributed by atoms with Crippen molar-refractivity contribution in [3.05, 3.63) is 71.3 Å². The van der Waals surface area contributed by atoms with Crippen LogP contribution in [0.15, 0.2) is 48.5 Å². The molecule has 27 heavy (non-hydrogen) atoms. The maximum absolute atomic E-state index is 12.9. The minimum absolute atomic E-state index is 0.0375. The van der Waals surface area contributed by atoms with Gasteiger partial charge in [0, 0.05) is 33.5 Å². The van der Waals surface area contributed by atoms with E-state index in [1.807, 2.05) is 50.2 Å². The van der Waals surface area contributed by atoms with Crippen LogP contribution in [0.2, 0.25) is 0 Å². The van der Waals surface area contributed by atoms with Crippen LogP contribution >= 0.6 is 0 Å². The highest BCUT2D eigenvalue weighted by Gasteiger charge is 2.37. The summed E-state index contributed by atoms with van der Waals surface area (Å²) in [6, 6.07) is 16.0. The average Bonchev–Trinajstić information content (AvgIpc) is 3.38. The molecule has 134 valence electrons. The van der Waals surface area contributed by atoms with E-state index in [2.05, 4.69) is 27.1 Å². The largest absolute Gasteiger partial charge is 0.355 e. The van der Waals surface area contributed by atoms with Crippen LogP contribution in [0.25, 0.3) is 22.1 Å². The molecule has 0 saturated carbocycles. The van der Waals surface area contributed by atoms with Gasteiger partial charge in [0.2, 0.25) is 0 Å². The number of aromatic amines is 2. The van der Waals surface area contributed by atoms with Gasteiger partial charge in [-0.25, -0.2) is 4.98 Å². The first kappa shape index (κ1) is 16.0. The molecule has 0 amide bonds. The molecule has 5 heteroatoms. The van der Waals surface area contributed by atoms with Crippen LogP contribution in [0.1, 0.15) is 41.4 Å². The predicted octanol–water partition coefficient (Wildman–Crippen LogP) is 4.26. The molecule has 5 nitrogen and oxygen atoms in total. The van der Waals surface area contributed by atoms with Crippen LogP contribution in [0.5, 0.6) is 0 Å². The number of nitrogens with zero attached hydrogens (tertiary/aromatic N) is 2. The zero-order chi connectivity index (χ0) is 18.6. The van der Waals surface area contributed by atoms with Gasteiger partial charge in [-0.2, -0.15) is 0 Å². The molecule has 8 bridgehead atoms. The van der Waals surface area contributed by atoms with E-state index in [9.17, 15) is 4.79 Å². The Morgan fingerprint density at radius 3 is 1.89 bits per heavy atom. The number of carbonyl (C=O) groups excluding carboxylic acids is 1. The lowest BCUT2D eigenvalue weighted by Gasteiger charge is -2.13. The highest BCUT2D eigenvalue weighted by Crippen LogP contribution is 2.30. The second-order valence-corrected chi connectivity index (χ2v) is 7.75. The van der Waals surface area contributed by atoms with E-state index in [0.717, 1.165) is 52.0 Å². The summed E-state index contributed by atoms with van der Waals surface area (Å²) < 4.78 is 0. The Morgan fingerprint density at radius 1 is 0.778 bits per heavy atom. The van der Waals surface area contributed by atoms with Crippen molar-refractivity contribution in [3.63, 3.8) is 0 Å². The van der Waals surface area contributed by atoms with E-state index in [0.29, 0.717) is 5.69 Å². The van der Waals surface area contributed by atoms with Crippen molar-refractivity contribution < 1.29 is 4.79 Å². The minimum atomic E-state index is -0.644. The van der Waals surface area contributed by atoms with Crippen molar-refractivity contribution in [2.45, 2.75) is 32.1 Å². The van der Waals surface area contributed by atoms with Gasteiger partial charge >= 0.3 is 0 Å². The second-order valence-electron chi connectivity index (χ2n) is 7.75. The molecule has 0 atom stereocenters. The Bertz CT molecular complexity index is 1230. The molecule has 0 fully saturated rings. The quantitative estimate of drug-likeness (QED) is 0.632. The zero-order valence-electron chi connectivity index (χ0n) is 15.3. The third-order valence-corrected chi connectivity index (χ3v) is 5.30. The Balaban J connectivity index is 1.86. The average molecular weight is 356 g/mol. The molecule has 3 aromatic heterocycles. The summed E-state index contributed by atoms with van der Waals surface area (Å²) >= 11 is 0. The Morgan fingerprint density at radius 2 is 1.30 bits per heavy atom. The first-order chi connectivity index (χ1) is 13.0. The van der Waals surface area contributed by atoms with Gasteiger partial charge in [0.15, 0.2) is 5.78 Å². The fourth-order valence-corrected chi connectivity index (χ4v) is 3.68. The Kier molecular flexibility index (Phi) is 3.34. The molecule has 2 aliphatic rings. The highest BCUT2D eigenvalue weighted by atomic mass is 16.1. The Labute approximate surface area is 156 Å². The van der Waals surface area contributed by atoms with E-state index in [-0.39, 0.29) is 5.78 Å². The molecular formula is C22H20N4O. The van der Waals surface area contributed by atoms with Crippen LogP contribution < -0.4 is 0 Å². The first-order valence-electron chi connectivity index (χ1n) is 9.19. The minimum Gasteiger partial charge on any atom is -0.355 e. The van der Waals surface area contributed by atoms with Gasteiger partial charge in [-0.1, -0.05) is 0 Å². The summed E-state index contributed by atoms with van der Waals surface area (Å²) in [6.45, 7) is 3.85. The SMILES string of the molecule is CC1(C)C(=O)c2cc3ccc(cc4nc(cc5ccc(cc1n2)[nH]5)CC4)[nH]3. The summed E-state index contributed by atoms with van der Waals surface area (Å²) in [7, 11) is 0. The maximum Gasteiger partial charge on any atom is 0.192 e. The summed E-state index contributed by atoms with van der Waals surface area (Å²) in [5.41, 5.74) is 6.54. The third-order valence-electron chi connectivity index (χ3n) is 5.30. The van der Waals surface area contributed by atoms with Crippen molar-refractivity contribution in [1.29, 1.82) is 0 Å². The van der Waals surface area contributed by atoms with Crippen LogP contribution in [-0.2, 0) is 18.3 Å². The molecule has 5 heterocycles. The standard InChI is InChI=1S/C22H20N4O/c1-22(2)20-12-18-8-6-16(25-18)10-14-4-3-13(23-14)9-15-5-7-17(24-15)11-19(26-20)21(22)27/h5-12,24-25H,3-4H2,1-2H3. The molecule has 0 spiro atoms. The number of aryl methyl sites for hydroxylation is 2. The lowest BCUT2D eigenvalue weighted by atomic mass is 9.85. The lowest BCUT2D eigenvalue weighted by Crippen LogP contribution is -2.23. The summed E-state index contributed by atoms with van der Waals surface area (Å²) in [5.74, 6) is 0.0375. The topological polar surface area (TPSA) is 74.4 Å². The van der Waals surface area contributed by atoms with Gasteiger partial charge in [-0.15, -0.1) is 0 Å². The van der Waals surface area contributed by atoms with Gasteiger partial charge in [0.1, 0.15) is 5.69 Å². The summed E-state index contributed by atoms with van der Waals surface area (Å²) in [4.78, 5) is 29.0. The van der Waals surface area contributed by atoms with Crippen molar-refractivity contribution in [3.8, 4) is 0 Å². The molecule has 2 aliphatic heterocycles. The van der Waals surface area contributed by atoms with E-state index >= 15 is 0 Å². The van der Waals surface area contributed by atoms with Gasteiger partial charge in [-0.05, 0) is 75.2 Å². The number of hydrogen-bond donors (Lipinski definition) is 2. The van der Waals surface area contributed by atoms with Gasteiger partial charge in [0.25, 0.3) is 0 Å². The second kappa shape index (κ2) is 5.64. The van der Waals surface area contributed by atoms with E-state index < -0.39 is 5.41 Å². The molecule has 0 radical (unpaired) electrons. The number of aromatic nitrogens is 4. The van der Waals surface area contributed by atoms with Gasteiger partial charge < -0.3 is 9.97 Å². The molecule has 5 rings (SSSR count). The van der Waals surface area contributed by atoms with Crippen LogP contribution in [-0.4, -0.2) is 25.7 Å². The highest BCUT2D eigenvalue weighted by molar-refractivity contribution is 6.04.